The topological polar surface area (TPSA) is 33.3 Å². The van der Waals surface area contributed by atoms with Gasteiger partial charge in [-0.25, -0.2) is 0 Å². The molecule has 1 aromatic rings. The van der Waals surface area contributed by atoms with Gasteiger partial charge in [-0.15, -0.1) is 0 Å². The molecule has 0 bridgehead atoms. The van der Waals surface area contributed by atoms with Crippen molar-refractivity contribution in [3.05, 3.63) is 29.8 Å². The molecule has 1 saturated heterocycles. The SMILES string of the molecule is COc1ccc(CCNCCC2CCNCC2)cc1. The first kappa shape index (κ1) is 14.4. The molecule has 0 radical (unpaired) electrons. The maximum atomic E-state index is 5.16. The fourth-order valence-corrected chi connectivity index (χ4v) is 2.63. The Balaban J connectivity index is 1.55. The van der Waals surface area contributed by atoms with Gasteiger partial charge in [0.25, 0.3) is 0 Å². The van der Waals surface area contributed by atoms with Crippen LogP contribution in [0, 0.1) is 5.92 Å². The van der Waals surface area contributed by atoms with Gasteiger partial charge in [-0.3, -0.25) is 0 Å². The quantitative estimate of drug-likeness (QED) is 0.739. The van der Waals surface area contributed by atoms with Crippen molar-refractivity contribution in [2.24, 2.45) is 5.92 Å². The van der Waals surface area contributed by atoms with E-state index in [4.69, 9.17) is 4.74 Å². The minimum Gasteiger partial charge on any atom is -0.497 e. The highest BCUT2D eigenvalue weighted by molar-refractivity contribution is 5.27. The standard InChI is InChI=1S/C16H26N2O/c1-19-16-4-2-14(3-5-16)6-10-17-11-7-15-8-12-18-13-9-15/h2-5,15,17-18H,6-13H2,1H3. The second-order valence-electron chi connectivity index (χ2n) is 5.33. The van der Waals surface area contributed by atoms with E-state index in [0.717, 1.165) is 31.2 Å². The summed E-state index contributed by atoms with van der Waals surface area (Å²) in [7, 11) is 1.71. The molecule has 1 aliphatic rings. The fourth-order valence-electron chi connectivity index (χ4n) is 2.63. The molecule has 0 spiro atoms. The lowest BCUT2D eigenvalue weighted by atomic mass is 9.95. The van der Waals surface area contributed by atoms with Gasteiger partial charge in [-0.2, -0.15) is 0 Å². The molecule has 0 atom stereocenters. The Bertz CT molecular complexity index is 344. The molecule has 3 nitrogen and oxygen atoms in total. The van der Waals surface area contributed by atoms with Crippen molar-refractivity contribution in [1.82, 2.24) is 10.6 Å². The minimum atomic E-state index is 0.926. The summed E-state index contributed by atoms with van der Waals surface area (Å²) in [6.07, 6.45) is 5.11. The number of piperidine rings is 1. The summed E-state index contributed by atoms with van der Waals surface area (Å²) in [6.45, 7) is 4.63. The third-order valence-corrected chi connectivity index (χ3v) is 3.94. The molecule has 106 valence electrons. The molecule has 0 unspecified atom stereocenters. The average Bonchev–Trinajstić information content (AvgIpc) is 2.49. The van der Waals surface area contributed by atoms with Crippen molar-refractivity contribution in [3.63, 3.8) is 0 Å². The maximum absolute atomic E-state index is 5.16. The van der Waals surface area contributed by atoms with E-state index >= 15 is 0 Å². The third-order valence-electron chi connectivity index (χ3n) is 3.94. The van der Waals surface area contributed by atoms with Gasteiger partial charge >= 0.3 is 0 Å². The Kier molecular flexibility index (Phi) is 6.18. The van der Waals surface area contributed by atoms with E-state index in [9.17, 15) is 0 Å². The zero-order valence-electron chi connectivity index (χ0n) is 12.0. The van der Waals surface area contributed by atoms with Gasteiger partial charge in [0.15, 0.2) is 0 Å². The average molecular weight is 262 g/mol. The second kappa shape index (κ2) is 8.18. The highest BCUT2D eigenvalue weighted by atomic mass is 16.5. The Morgan fingerprint density at radius 3 is 2.58 bits per heavy atom. The van der Waals surface area contributed by atoms with E-state index in [1.54, 1.807) is 7.11 Å². The van der Waals surface area contributed by atoms with Crippen LogP contribution in [0.5, 0.6) is 5.75 Å². The number of ether oxygens (including phenoxy) is 1. The molecule has 19 heavy (non-hydrogen) atoms. The second-order valence-corrected chi connectivity index (χ2v) is 5.33. The first-order valence-electron chi connectivity index (χ1n) is 7.43. The monoisotopic (exact) mass is 262 g/mol. The van der Waals surface area contributed by atoms with Crippen LogP contribution in [0.25, 0.3) is 0 Å². The number of nitrogens with one attached hydrogen (secondary N) is 2. The maximum Gasteiger partial charge on any atom is 0.118 e. The predicted molar refractivity (Wildman–Crippen MR) is 79.8 cm³/mol. The van der Waals surface area contributed by atoms with Gasteiger partial charge in [0.1, 0.15) is 5.75 Å². The van der Waals surface area contributed by atoms with Gasteiger partial charge in [0, 0.05) is 0 Å². The van der Waals surface area contributed by atoms with E-state index in [-0.39, 0.29) is 0 Å². The molecule has 2 rings (SSSR count). The van der Waals surface area contributed by atoms with Crippen molar-refractivity contribution < 1.29 is 4.74 Å². The molecule has 1 aliphatic heterocycles. The van der Waals surface area contributed by atoms with Gasteiger partial charge in [0.05, 0.1) is 7.11 Å². The Morgan fingerprint density at radius 2 is 1.89 bits per heavy atom. The van der Waals surface area contributed by atoms with Crippen molar-refractivity contribution in [1.29, 1.82) is 0 Å². The van der Waals surface area contributed by atoms with E-state index in [0.29, 0.717) is 0 Å². The van der Waals surface area contributed by atoms with Crippen LogP contribution in [0.1, 0.15) is 24.8 Å². The minimum absolute atomic E-state index is 0.926. The van der Waals surface area contributed by atoms with Gasteiger partial charge in [0.2, 0.25) is 0 Å². The van der Waals surface area contributed by atoms with Gasteiger partial charge < -0.3 is 15.4 Å². The molecule has 0 amide bonds. The molecule has 0 aliphatic carbocycles. The summed E-state index contributed by atoms with van der Waals surface area (Å²) in [5, 5.41) is 6.97. The summed E-state index contributed by atoms with van der Waals surface area (Å²) in [5.41, 5.74) is 1.37. The number of rotatable bonds is 7. The summed E-state index contributed by atoms with van der Waals surface area (Å²) in [6, 6.07) is 8.36. The zero-order chi connectivity index (χ0) is 13.3. The number of methoxy groups -OCH3 is 1. The summed E-state index contributed by atoms with van der Waals surface area (Å²) in [4.78, 5) is 0. The van der Waals surface area contributed by atoms with Crippen LogP contribution in [0.4, 0.5) is 0 Å². The number of benzene rings is 1. The molecule has 0 aromatic heterocycles. The van der Waals surface area contributed by atoms with Crippen molar-refractivity contribution >= 4 is 0 Å². The lowest BCUT2D eigenvalue weighted by Gasteiger charge is -2.22. The molecular formula is C16H26N2O. The molecule has 1 fully saturated rings. The predicted octanol–water partition coefficient (Wildman–Crippen LogP) is 2.22. The lowest BCUT2D eigenvalue weighted by Crippen LogP contribution is -2.30. The van der Waals surface area contributed by atoms with Crippen LogP contribution in [0.2, 0.25) is 0 Å². The summed E-state index contributed by atoms with van der Waals surface area (Å²) >= 11 is 0. The fraction of sp³-hybridized carbons (Fsp3) is 0.625. The summed E-state index contributed by atoms with van der Waals surface area (Å²) < 4.78 is 5.16. The van der Waals surface area contributed by atoms with Crippen LogP contribution in [-0.2, 0) is 6.42 Å². The van der Waals surface area contributed by atoms with Crippen LogP contribution in [-0.4, -0.2) is 33.3 Å². The lowest BCUT2D eigenvalue weighted by molar-refractivity contribution is 0.349. The highest BCUT2D eigenvalue weighted by Crippen LogP contribution is 2.15. The highest BCUT2D eigenvalue weighted by Gasteiger charge is 2.11. The van der Waals surface area contributed by atoms with E-state index in [1.165, 1.54) is 37.9 Å². The molecule has 3 heteroatoms. The van der Waals surface area contributed by atoms with Crippen molar-refractivity contribution in [3.8, 4) is 5.75 Å². The Morgan fingerprint density at radius 1 is 1.16 bits per heavy atom. The summed E-state index contributed by atoms with van der Waals surface area (Å²) in [5.74, 6) is 1.86. The molecule has 2 N–H and O–H groups in total. The Labute approximate surface area is 116 Å². The van der Waals surface area contributed by atoms with Gasteiger partial charge in [-0.1, -0.05) is 12.1 Å². The first-order chi connectivity index (χ1) is 9.38. The molecule has 1 aromatic carbocycles. The smallest absolute Gasteiger partial charge is 0.118 e. The Hall–Kier alpha value is -1.06. The van der Waals surface area contributed by atoms with Crippen LogP contribution in [0.15, 0.2) is 24.3 Å². The molecule has 1 heterocycles. The zero-order valence-corrected chi connectivity index (χ0v) is 12.0. The molecular weight excluding hydrogens is 236 g/mol. The van der Waals surface area contributed by atoms with E-state index < -0.39 is 0 Å². The van der Waals surface area contributed by atoms with E-state index in [1.807, 2.05) is 12.1 Å². The largest absolute Gasteiger partial charge is 0.497 e. The molecule has 0 saturated carbocycles. The van der Waals surface area contributed by atoms with E-state index in [2.05, 4.69) is 22.8 Å². The van der Waals surface area contributed by atoms with Crippen LogP contribution >= 0.6 is 0 Å². The van der Waals surface area contributed by atoms with Gasteiger partial charge in [-0.05, 0) is 75.5 Å². The normalized spacial score (nSPS) is 16.5. The van der Waals surface area contributed by atoms with Crippen molar-refractivity contribution in [2.45, 2.75) is 25.7 Å². The number of hydrogen-bond donors (Lipinski definition) is 2. The number of hydrogen-bond acceptors (Lipinski definition) is 3. The van der Waals surface area contributed by atoms with Crippen LogP contribution < -0.4 is 15.4 Å². The van der Waals surface area contributed by atoms with Crippen molar-refractivity contribution in [2.75, 3.05) is 33.3 Å². The van der Waals surface area contributed by atoms with Crippen LogP contribution in [0.3, 0.4) is 0 Å². The third kappa shape index (κ3) is 5.21. The first-order valence-corrected chi connectivity index (χ1v) is 7.43.